The maximum Gasteiger partial charge on any atom is 0.195 e. The predicted molar refractivity (Wildman–Crippen MR) is 90.1 cm³/mol. The molecule has 3 aromatic heterocycles. The first-order chi connectivity index (χ1) is 11.3. The second kappa shape index (κ2) is 6.22. The maximum absolute atomic E-state index is 11.9. The lowest BCUT2D eigenvalue weighted by molar-refractivity contribution is -0.616. The fourth-order valence-corrected chi connectivity index (χ4v) is 4.16. The van der Waals surface area contributed by atoms with Crippen LogP contribution in [-0.2, 0) is 6.54 Å². The Morgan fingerprint density at radius 1 is 1.22 bits per heavy atom. The topological polar surface area (TPSA) is 56.0 Å². The number of nitrogens with zero attached hydrogens (tertiary/aromatic N) is 4. The molecule has 1 aliphatic rings. The molecular weight excluding hydrogens is 308 g/mol. The lowest BCUT2D eigenvalue weighted by Crippen LogP contribution is -2.38. The summed E-state index contributed by atoms with van der Waals surface area (Å²) in [4.78, 5) is 12.4. The minimum atomic E-state index is 0.363. The second-order valence-electron chi connectivity index (χ2n) is 5.94. The van der Waals surface area contributed by atoms with E-state index in [0.29, 0.717) is 5.92 Å². The van der Waals surface area contributed by atoms with E-state index in [1.54, 1.807) is 23.6 Å². The number of likely N-dealkylation sites (tertiary alicyclic amines) is 1. The van der Waals surface area contributed by atoms with Gasteiger partial charge < -0.3 is 5.21 Å². The third-order valence-corrected chi connectivity index (χ3v) is 5.39. The van der Waals surface area contributed by atoms with Crippen molar-refractivity contribution >= 4 is 21.7 Å². The van der Waals surface area contributed by atoms with E-state index in [9.17, 15) is 5.21 Å². The van der Waals surface area contributed by atoms with Gasteiger partial charge in [0.1, 0.15) is 15.4 Å². The van der Waals surface area contributed by atoms with Crippen LogP contribution in [0.5, 0.6) is 0 Å². The summed E-state index contributed by atoms with van der Waals surface area (Å²) in [5, 5.41) is 13.0. The van der Waals surface area contributed by atoms with Gasteiger partial charge in [-0.1, -0.05) is 17.4 Å². The lowest BCUT2D eigenvalue weighted by Gasteiger charge is -2.30. The normalized spacial score (nSPS) is 16.9. The zero-order valence-electron chi connectivity index (χ0n) is 12.8. The average molecular weight is 326 g/mol. The Kier molecular flexibility index (Phi) is 3.93. The molecule has 3 aromatic rings. The third kappa shape index (κ3) is 3.04. The monoisotopic (exact) mass is 326 g/mol. The summed E-state index contributed by atoms with van der Waals surface area (Å²) in [5.41, 5.74) is 1.88. The van der Waals surface area contributed by atoms with Gasteiger partial charge in [0.2, 0.25) is 0 Å². The number of aromatic nitrogens is 3. The fourth-order valence-electron chi connectivity index (χ4n) is 3.22. The van der Waals surface area contributed by atoms with Crippen LogP contribution in [0.4, 0.5) is 0 Å². The molecule has 0 N–H and O–H groups in total. The Morgan fingerprint density at radius 2 is 2.09 bits per heavy atom. The van der Waals surface area contributed by atoms with Crippen LogP contribution in [0.3, 0.4) is 0 Å². The van der Waals surface area contributed by atoms with Crippen molar-refractivity contribution in [3.05, 3.63) is 58.6 Å². The molecule has 4 heterocycles. The van der Waals surface area contributed by atoms with Gasteiger partial charge in [-0.3, -0.25) is 4.90 Å². The average Bonchev–Trinajstić information content (AvgIpc) is 2.98. The van der Waals surface area contributed by atoms with Crippen LogP contribution < -0.4 is 4.73 Å². The van der Waals surface area contributed by atoms with Crippen molar-refractivity contribution in [1.82, 2.24) is 14.9 Å². The Hall–Kier alpha value is -2.05. The van der Waals surface area contributed by atoms with Crippen LogP contribution in [0.2, 0.25) is 0 Å². The molecule has 1 saturated heterocycles. The Balaban J connectivity index is 1.41. The smallest absolute Gasteiger partial charge is 0.195 e. The van der Waals surface area contributed by atoms with Crippen molar-refractivity contribution in [2.24, 2.45) is 0 Å². The van der Waals surface area contributed by atoms with Crippen LogP contribution in [0.15, 0.2) is 42.7 Å². The number of hydrogen-bond donors (Lipinski definition) is 0. The highest BCUT2D eigenvalue weighted by Crippen LogP contribution is 2.27. The molecule has 6 heteroatoms. The highest BCUT2D eigenvalue weighted by Gasteiger charge is 2.26. The van der Waals surface area contributed by atoms with E-state index in [-0.39, 0.29) is 0 Å². The molecule has 0 radical (unpaired) electrons. The molecule has 0 aromatic carbocycles. The Morgan fingerprint density at radius 3 is 2.87 bits per heavy atom. The number of hydrogen-bond acceptors (Lipinski definition) is 5. The SMILES string of the molecule is [O-][n+]1ccccc1C1CCN(Cc2nc3cccnc3s2)CC1. The summed E-state index contributed by atoms with van der Waals surface area (Å²) in [6.07, 6.45) is 5.45. The van der Waals surface area contributed by atoms with Gasteiger partial charge in [-0.2, -0.15) is 4.73 Å². The van der Waals surface area contributed by atoms with Crippen molar-refractivity contribution in [1.29, 1.82) is 0 Å². The van der Waals surface area contributed by atoms with Crippen molar-refractivity contribution in [2.75, 3.05) is 13.1 Å². The Bertz CT molecular complexity index is 778. The first kappa shape index (κ1) is 14.5. The predicted octanol–water partition coefficient (Wildman–Crippen LogP) is 2.70. The lowest BCUT2D eigenvalue weighted by atomic mass is 9.93. The number of fused-ring (bicyclic) bond motifs is 1. The largest absolute Gasteiger partial charge is 0.618 e. The minimum absolute atomic E-state index is 0.363. The standard InChI is InChI=1S/C17H18N4OS/c22-21-9-2-1-5-15(21)13-6-10-20(11-7-13)12-16-19-14-4-3-8-18-17(14)23-16/h1-5,8-9,13H,6-7,10-12H2. The zero-order chi connectivity index (χ0) is 15.6. The second-order valence-corrected chi connectivity index (χ2v) is 7.00. The van der Waals surface area contributed by atoms with Crippen molar-refractivity contribution in [3.63, 3.8) is 0 Å². The summed E-state index contributed by atoms with van der Waals surface area (Å²) in [6, 6.07) is 9.62. The molecule has 23 heavy (non-hydrogen) atoms. The molecule has 1 fully saturated rings. The molecule has 0 unspecified atom stereocenters. The van der Waals surface area contributed by atoms with Crippen LogP contribution in [0, 0.1) is 5.21 Å². The summed E-state index contributed by atoms with van der Waals surface area (Å²) in [7, 11) is 0. The molecule has 0 bridgehead atoms. The maximum atomic E-state index is 11.9. The molecule has 0 atom stereocenters. The molecule has 4 rings (SSSR count). The van der Waals surface area contributed by atoms with Crippen molar-refractivity contribution < 1.29 is 4.73 Å². The van der Waals surface area contributed by atoms with Gasteiger partial charge in [-0.25, -0.2) is 9.97 Å². The van der Waals surface area contributed by atoms with Gasteiger partial charge in [0, 0.05) is 24.2 Å². The number of thiazole rings is 1. The molecular formula is C17H18N4OS. The molecule has 1 aliphatic heterocycles. The quantitative estimate of drug-likeness (QED) is 0.548. The third-order valence-electron chi connectivity index (χ3n) is 4.43. The number of pyridine rings is 2. The van der Waals surface area contributed by atoms with Gasteiger partial charge >= 0.3 is 0 Å². The van der Waals surface area contributed by atoms with E-state index in [0.717, 1.165) is 58.3 Å². The fraction of sp³-hybridized carbons (Fsp3) is 0.353. The molecule has 0 amide bonds. The Labute approximate surface area is 138 Å². The first-order valence-electron chi connectivity index (χ1n) is 7.90. The van der Waals surface area contributed by atoms with Gasteiger partial charge in [0.15, 0.2) is 11.9 Å². The van der Waals surface area contributed by atoms with Crippen LogP contribution in [0.25, 0.3) is 10.3 Å². The van der Waals surface area contributed by atoms with Gasteiger partial charge in [0.25, 0.3) is 0 Å². The van der Waals surface area contributed by atoms with Crippen LogP contribution in [-0.4, -0.2) is 28.0 Å². The molecule has 0 saturated carbocycles. The first-order valence-corrected chi connectivity index (χ1v) is 8.72. The molecule has 0 aliphatic carbocycles. The van der Waals surface area contributed by atoms with Crippen LogP contribution >= 0.6 is 11.3 Å². The highest BCUT2D eigenvalue weighted by atomic mass is 32.1. The van der Waals surface area contributed by atoms with E-state index < -0.39 is 0 Å². The number of rotatable bonds is 3. The summed E-state index contributed by atoms with van der Waals surface area (Å²) >= 11 is 1.67. The van der Waals surface area contributed by atoms with Crippen molar-refractivity contribution in [3.8, 4) is 0 Å². The van der Waals surface area contributed by atoms with Gasteiger partial charge in [0.05, 0.1) is 6.54 Å². The van der Waals surface area contributed by atoms with Crippen LogP contribution in [0.1, 0.15) is 29.5 Å². The van der Waals surface area contributed by atoms with E-state index in [2.05, 4.69) is 14.9 Å². The molecule has 118 valence electrons. The molecule has 0 spiro atoms. The van der Waals surface area contributed by atoms with E-state index in [1.807, 2.05) is 30.5 Å². The molecule has 5 nitrogen and oxygen atoms in total. The van der Waals surface area contributed by atoms with Gasteiger partial charge in [-0.05, 0) is 38.1 Å². The van der Waals surface area contributed by atoms with E-state index in [1.165, 1.54) is 0 Å². The number of piperidine rings is 1. The summed E-state index contributed by atoms with van der Waals surface area (Å²) in [5.74, 6) is 0.363. The highest BCUT2D eigenvalue weighted by molar-refractivity contribution is 7.18. The van der Waals surface area contributed by atoms with Gasteiger partial charge in [-0.15, -0.1) is 0 Å². The van der Waals surface area contributed by atoms with Crippen molar-refractivity contribution in [2.45, 2.75) is 25.3 Å². The zero-order valence-corrected chi connectivity index (χ0v) is 13.6. The van der Waals surface area contributed by atoms with E-state index >= 15 is 0 Å². The van der Waals surface area contributed by atoms with E-state index in [4.69, 9.17) is 0 Å². The summed E-state index contributed by atoms with van der Waals surface area (Å²) < 4.78 is 1.01. The minimum Gasteiger partial charge on any atom is -0.618 e. The summed E-state index contributed by atoms with van der Waals surface area (Å²) in [6.45, 7) is 2.88.